The van der Waals surface area contributed by atoms with Gasteiger partial charge in [-0.3, -0.25) is 9.89 Å². The predicted octanol–water partition coefficient (Wildman–Crippen LogP) is 1.77. The molecule has 1 aliphatic rings. The number of nitrogens with zero attached hydrogens (tertiary/aromatic N) is 3. The van der Waals surface area contributed by atoms with Crippen molar-refractivity contribution in [2.24, 2.45) is 16.1 Å². The number of nitrogens with two attached hydrogens (primary N) is 1. The lowest BCUT2D eigenvalue weighted by Crippen LogP contribution is -2.51. The van der Waals surface area contributed by atoms with Gasteiger partial charge in [0.05, 0.1) is 12.3 Å². The van der Waals surface area contributed by atoms with Crippen molar-refractivity contribution in [3.63, 3.8) is 0 Å². The van der Waals surface area contributed by atoms with E-state index in [1.54, 1.807) is 11.8 Å². The lowest BCUT2D eigenvalue weighted by molar-refractivity contribution is 0.147. The number of anilines is 1. The van der Waals surface area contributed by atoms with Gasteiger partial charge in [-0.05, 0) is 30.3 Å². The smallest absolute Gasteiger partial charge is 0.198 e. The van der Waals surface area contributed by atoms with E-state index in [2.05, 4.69) is 53.4 Å². The minimum absolute atomic E-state index is 0.0232. The van der Waals surface area contributed by atoms with E-state index in [1.807, 2.05) is 6.07 Å². The highest BCUT2D eigenvalue weighted by atomic mass is 32.2. The van der Waals surface area contributed by atoms with E-state index in [9.17, 15) is 0 Å². The maximum atomic E-state index is 9.14. The van der Waals surface area contributed by atoms with Gasteiger partial charge in [0.2, 0.25) is 0 Å². The minimum Gasteiger partial charge on any atom is -0.395 e. The molecule has 6 nitrogen and oxygen atoms in total. The highest BCUT2D eigenvalue weighted by Gasteiger charge is 2.22. The maximum Gasteiger partial charge on any atom is 0.198 e. The van der Waals surface area contributed by atoms with E-state index in [1.165, 1.54) is 4.90 Å². The molecule has 0 spiro atoms. The lowest BCUT2D eigenvalue weighted by Gasteiger charge is -2.36. The number of rotatable bonds is 7. The molecule has 1 heterocycles. The number of aliphatic hydroxyl groups excluding tert-OH is 1. The quantitative estimate of drug-likeness (QED) is 0.381. The molecule has 1 aliphatic heterocycles. The first kappa shape index (κ1) is 21.0. The zero-order chi connectivity index (χ0) is 19.0. The van der Waals surface area contributed by atoms with Gasteiger partial charge in [-0.1, -0.05) is 26.0 Å². The molecule has 0 unspecified atom stereocenters. The number of hydrogen-bond donors (Lipinski definition) is 3. The Morgan fingerprint density at radius 2 is 1.96 bits per heavy atom. The van der Waals surface area contributed by atoms with Crippen molar-refractivity contribution in [1.29, 1.82) is 0 Å². The summed E-state index contributed by atoms with van der Waals surface area (Å²) in [5.74, 6) is 0.914. The van der Waals surface area contributed by atoms with E-state index in [4.69, 9.17) is 15.8 Å². The third kappa shape index (κ3) is 6.16. The Kier molecular flexibility index (Phi) is 8.21. The monoisotopic (exact) mass is 379 g/mol. The van der Waals surface area contributed by atoms with Crippen LogP contribution in [0.4, 0.5) is 5.69 Å². The van der Waals surface area contributed by atoms with Crippen LogP contribution in [0.25, 0.3) is 0 Å². The van der Waals surface area contributed by atoms with Gasteiger partial charge in [-0.15, -0.1) is 11.8 Å². The first-order valence-corrected chi connectivity index (χ1v) is 10.4. The summed E-state index contributed by atoms with van der Waals surface area (Å²) in [6, 6.07) is 8.31. The maximum absolute atomic E-state index is 9.14. The summed E-state index contributed by atoms with van der Waals surface area (Å²) >= 11 is 1.73. The van der Waals surface area contributed by atoms with E-state index in [0.717, 1.165) is 44.4 Å². The van der Waals surface area contributed by atoms with Gasteiger partial charge < -0.3 is 21.1 Å². The molecule has 7 heteroatoms. The Hall–Kier alpha value is -1.28. The number of thioether (sulfide) groups is 1. The van der Waals surface area contributed by atoms with E-state index in [0.29, 0.717) is 13.1 Å². The first-order valence-electron chi connectivity index (χ1n) is 9.22. The molecule has 0 amide bonds. The van der Waals surface area contributed by atoms with Gasteiger partial charge in [0.25, 0.3) is 0 Å². The van der Waals surface area contributed by atoms with Gasteiger partial charge in [-0.25, -0.2) is 0 Å². The molecule has 0 atom stereocenters. The van der Waals surface area contributed by atoms with E-state index < -0.39 is 0 Å². The molecule has 0 aliphatic carbocycles. The SMILES string of the molecule is CSc1ccccc1NC(=NCC(C)(C)CN)N1CCN(CCO)CC1. The number of benzene rings is 1. The Morgan fingerprint density at radius 1 is 1.27 bits per heavy atom. The number of guanidine groups is 1. The van der Waals surface area contributed by atoms with Gasteiger partial charge in [0, 0.05) is 44.2 Å². The molecule has 26 heavy (non-hydrogen) atoms. The zero-order valence-corrected chi connectivity index (χ0v) is 17.1. The second-order valence-corrected chi connectivity index (χ2v) is 8.23. The van der Waals surface area contributed by atoms with Crippen molar-refractivity contribution in [2.45, 2.75) is 18.7 Å². The Labute approximate surface area is 161 Å². The summed E-state index contributed by atoms with van der Waals surface area (Å²) in [5, 5.41) is 12.7. The van der Waals surface area contributed by atoms with Crippen molar-refractivity contribution >= 4 is 23.4 Å². The number of hydrogen-bond acceptors (Lipinski definition) is 5. The van der Waals surface area contributed by atoms with Crippen LogP contribution in [0.5, 0.6) is 0 Å². The molecule has 0 aromatic heterocycles. The average molecular weight is 380 g/mol. The van der Waals surface area contributed by atoms with Crippen LogP contribution < -0.4 is 11.1 Å². The lowest BCUT2D eigenvalue weighted by atomic mass is 9.94. The molecule has 1 aromatic carbocycles. The summed E-state index contributed by atoms with van der Waals surface area (Å²) in [4.78, 5) is 10.7. The molecular formula is C19H33N5OS. The molecule has 4 N–H and O–H groups in total. The van der Waals surface area contributed by atoms with Crippen LogP contribution in [0.3, 0.4) is 0 Å². The molecular weight excluding hydrogens is 346 g/mol. The number of β-amino-alcohol motifs (C(OH)–C–C–N with tert-alkyl or cyclic N) is 1. The highest BCUT2D eigenvalue weighted by Crippen LogP contribution is 2.25. The zero-order valence-electron chi connectivity index (χ0n) is 16.2. The van der Waals surface area contributed by atoms with Crippen LogP contribution >= 0.6 is 11.8 Å². The summed E-state index contributed by atoms with van der Waals surface area (Å²) in [6.45, 7) is 10.2. The Morgan fingerprint density at radius 3 is 2.58 bits per heavy atom. The number of para-hydroxylation sites is 1. The summed E-state index contributed by atoms with van der Waals surface area (Å²) in [6.07, 6.45) is 2.09. The van der Waals surface area contributed by atoms with Crippen molar-refractivity contribution in [1.82, 2.24) is 9.80 Å². The largest absolute Gasteiger partial charge is 0.395 e. The van der Waals surface area contributed by atoms with Gasteiger partial charge >= 0.3 is 0 Å². The van der Waals surface area contributed by atoms with Gasteiger partial charge in [-0.2, -0.15) is 0 Å². The normalized spacial score (nSPS) is 16.8. The molecule has 2 rings (SSSR count). The molecule has 0 radical (unpaired) electrons. The first-order chi connectivity index (χ1) is 12.5. The molecule has 146 valence electrons. The van der Waals surface area contributed by atoms with Crippen molar-refractivity contribution in [3.05, 3.63) is 24.3 Å². The minimum atomic E-state index is -0.0232. The topological polar surface area (TPSA) is 77.1 Å². The van der Waals surface area contributed by atoms with Gasteiger partial charge in [0.15, 0.2) is 5.96 Å². The predicted molar refractivity (Wildman–Crippen MR) is 112 cm³/mol. The van der Waals surface area contributed by atoms with Crippen LogP contribution in [-0.2, 0) is 0 Å². The molecule has 1 fully saturated rings. The van der Waals surface area contributed by atoms with Crippen molar-refractivity contribution < 1.29 is 5.11 Å². The van der Waals surface area contributed by atoms with Crippen LogP contribution in [0.15, 0.2) is 34.2 Å². The second kappa shape index (κ2) is 10.2. The third-order valence-electron chi connectivity index (χ3n) is 4.65. The summed E-state index contributed by atoms with van der Waals surface area (Å²) in [5.41, 5.74) is 6.95. The number of aliphatic imine (C=N–C) groups is 1. The van der Waals surface area contributed by atoms with Crippen LogP contribution in [0, 0.1) is 5.41 Å². The average Bonchev–Trinajstić information content (AvgIpc) is 2.66. The van der Waals surface area contributed by atoms with Crippen molar-refractivity contribution in [2.75, 3.05) is 64.0 Å². The van der Waals surface area contributed by atoms with E-state index in [-0.39, 0.29) is 12.0 Å². The number of piperazine rings is 1. The summed E-state index contributed by atoms with van der Waals surface area (Å²) < 4.78 is 0. The van der Waals surface area contributed by atoms with Crippen molar-refractivity contribution in [3.8, 4) is 0 Å². The highest BCUT2D eigenvalue weighted by molar-refractivity contribution is 7.98. The summed E-state index contributed by atoms with van der Waals surface area (Å²) in [7, 11) is 0. The Bertz CT molecular complexity index is 585. The molecule has 1 saturated heterocycles. The molecule has 0 saturated carbocycles. The fraction of sp³-hybridized carbons (Fsp3) is 0.632. The van der Waals surface area contributed by atoms with Crippen LogP contribution in [0.2, 0.25) is 0 Å². The third-order valence-corrected chi connectivity index (χ3v) is 5.45. The van der Waals surface area contributed by atoms with Crippen LogP contribution in [0.1, 0.15) is 13.8 Å². The van der Waals surface area contributed by atoms with E-state index >= 15 is 0 Å². The second-order valence-electron chi connectivity index (χ2n) is 7.39. The fourth-order valence-corrected chi connectivity index (χ4v) is 3.32. The fourth-order valence-electron chi connectivity index (χ4n) is 2.77. The number of aliphatic hydroxyl groups is 1. The molecule has 0 bridgehead atoms. The van der Waals surface area contributed by atoms with Gasteiger partial charge in [0.1, 0.15) is 0 Å². The standard InChI is InChI=1S/C19H33N5OS/c1-19(2,14-20)15-21-18(22-16-6-4-5-7-17(16)26-3)24-10-8-23(9-11-24)12-13-25/h4-7,25H,8-15,20H2,1-3H3,(H,21,22). The van der Waals surface area contributed by atoms with Crippen LogP contribution in [-0.4, -0.2) is 79.5 Å². The number of nitrogens with one attached hydrogen (secondary N) is 1. The Balaban J connectivity index is 2.15. The molecule has 1 aromatic rings.